The molecule has 2 aliphatic heterocycles. The molecule has 2 aliphatic rings. The van der Waals surface area contributed by atoms with Gasteiger partial charge in [0, 0.05) is 38.3 Å². The summed E-state index contributed by atoms with van der Waals surface area (Å²) < 4.78 is 1.80. The zero-order valence-electron chi connectivity index (χ0n) is 17.3. The van der Waals surface area contributed by atoms with Crippen LogP contribution in [0.25, 0.3) is 11.0 Å². The Morgan fingerprint density at radius 3 is 2.74 bits per heavy atom. The Morgan fingerprint density at radius 2 is 1.94 bits per heavy atom. The Bertz CT molecular complexity index is 1090. The van der Waals surface area contributed by atoms with Crippen molar-refractivity contribution in [3.63, 3.8) is 0 Å². The molecular weight excluding hydrogens is 394 g/mol. The zero-order chi connectivity index (χ0) is 21.2. The summed E-state index contributed by atoms with van der Waals surface area (Å²) in [5.74, 6) is 0.473. The SMILES string of the molecule is O=C(NCCn1ncc2c(N3CCCC3)ncnc21)[C@@H]1CC(=O)N(c2ccccc2)C1. The van der Waals surface area contributed by atoms with Crippen molar-refractivity contribution in [2.75, 3.05) is 36.0 Å². The number of carbonyl (C=O) groups excluding carboxylic acids is 2. The molecule has 1 atom stereocenters. The van der Waals surface area contributed by atoms with E-state index in [-0.39, 0.29) is 24.2 Å². The summed E-state index contributed by atoms with van der Waals surface area (Å²) in [5.41, 5.74) is 1.61. The average Bonchev–Trinajstić information content (AvgIpc) is 3.54. The molecule has 1 aromatic carbocycles. The van der Waals surface area contributed by atoms with Gasteiger partial charge in [-0.2, -0.15) is 5.10 Å². The largest absolute Gasteiger partial charge is 0.356 e. The first-order chi connectivity index (χ1) is 15.2. The fraction of sp³-hybridized carbons (Fsp3) is 0.409. The molecular formula is C22H25N7O2. The molecule has 0 bridgehead atoms. The zero-order valence-corrected chi connectivity index (χ0v) is 17.3. The predicted octanol–water partition coefficient (Wildman–Crippen LogP) is 1.60. The molecule has 2 fully saturated rings. The van der Waals surface area contributed by atoms with Crippen molar-refractivity contribution in [1.82, 2.24) is 25.1 Å². The molecule has 160 valence electrons. The molecule has 5 rings (SSSR count). The van der Waals surface area contributed by atoms with Gasteiger partial charge < -0.3 is 15.1 Å². The molecule has 31 heavy (non-hydrogen) atoms. The molecule has 9 heteroatoms. The van der Waals surface area contributed by atoms with Crippen LogP contribution < -0.4 is 15.1 Å². The summed E-state index contributed by atoms with van der Waals surface area (Å²) in [6.07, 6.45) is 5.97. The molecule has 2 saturated heterocycles. The lowest BCUT2D eigenvalue weighted by atomic mass is 10.1. The van der Waals surface area contributed by atoms with Gasteiger partial charge in [-0.05, 0) is 25.0 Å². The second kappa shape index (κ2) is 8.33. The first kappa shape index (κ1) is 19.5. The van der Waals surface area contributed by atoms with E-state index in [0.29, 0.717) is 19.6 Å². The van der Waals surface area contributed by atoms with Gasteiger partial charge in [0.15, 0.2) is 5.65 Å². The topological polar surface area (TPSA) is 96.2 Å². The number of amides is 2. The van der Waals surface area contributed by atoms with Crippen molar-refractivity contribution < 1.29 is 9.59 Å². The van der Waals surface area contributed by atoms with Crippen molar-refractivity contribution in [3.05, 3.63) is 42.9 Å². The fourth-order valence-corrected chi connectivity index (χ4v) is 4.40. The van der Waals surface area contributed by atoms with E-state index in [1.165, 1.54) is 12.8 Å². The maximum atomic E-state index is 12.6. The van der Waals surface area contributed by atoms with Gasteiger partial charge in [0.05, 0.1) is 24.0 Å². The third-order valence-electron chi connectivity index (χ3n) is 6.00. The van der Waals surface area contributed by atoms with Crippen molar-refractivity contribution in [1.29, 1.82) is 0 Å². The standard InChI is InChI=1S/C22H25N7O2/c30-19-12-16(14-28(19)17-6-2-1-3-7-17)22(31)23-8-11-29-21-18(13-26-29)20(24-15-25-21)27-9-4-5-10-27/h1-3,6-7,13,15-16H,4-5,8-12,14H2,(H,23,31)/t16-/m1/s1. The van der Waals surface area contributed by atoms with E-state index >= 15 is 0 Å². The lowest BCUT2D eigenvalue weighted by Gasteiger charge is -2.17. The van der Waals surface area contributed by atoms with Crippen molar-refractivity contribution in [3.8, 4) is 0 Å². The van der Waals surface area contributed by atoms with Gasteiger partial charge in [0.25, 0.3) is 0 Å². The van der Waals surface area contributed by atoms with E-state index in [1.54, 1.807) is 22.1 Å². The first-order valence-electron chi connectivity index (χ1n) is 10.8. The third kappa shape index (κ3) is 3.83. The molecule has 0 unspecified atom stereocenters. The van der Waals surface area contributed by atoms with E-state index in [0.717, 1.165) is 35.6 Å². The number of hydrogen-bond donors (Lipinski definition) is 1. The van der Waals surface area contributed by atoms with Crippen LogP contribution in [0.5, 0.6) is 0 Å². The number of hydrogen-bond acceptors (Lipinski definition) is 6. The molecule has 0 spiro atoms. The number of aromatic nitrogens is 4. The summed E-state index contributed by atoms with van der Waals surface area (Å²) in [4.78, 5) is 37.8. The first-order valence-corrected chi connectivity index (χ1v) is 10.8. The van der Waals surface area contributed by atoms with Crippen LogP contribution in [0.3, 0.4) is 0 Å². The van der Waals surface area contributed by atoms with Gasteiger partial charge in [0.1, 0.15) is 12.1 Å². The molecule has 4 heterocycles. The predicted molar refractivity (Wildman–Crippen MR) is 117 cm³/mol. The number of fused-ring (bicyclic) bond motifs is 1. The van der Waals surface area contributed by atoms with Crippen LogP contribution in [0.1, 0.15) is 19.3 Å². The Labute approximate surface area is 180 Å². The quantitative estimate of drug-likeness (QED) is 0.652. The summed E-state index contributed by atoms with van der Waals surface area (Å²) in [5, 5.41) is 8.36. The lowest BCUT2D eigenvalue weighted by Crippen LogP contribution is -2.35. The van der Waals surface area contributed by atoms with E-state index in [9.17, 15) is 9.59 Å². The van der Waals surface area contributed by atoms with E-state index < -0.39 is 0 Å². The molecule has 0 radical (unpaired) electrons. The Hall–Kier alpha value is -3.49. The summed E-state index contributed by atoms with van der Waals surface area (Å²) in [6.45, 7) is 3.36. The van der Waals surface area contributed by atoms with E-state index in [1.807, 2.05) is 30.3 Å². The van der Waals surface area contributed by atoms with Crippen LogP contribution in [0.15, 0.2) is 42.9 Å². The molecule has 1 N–H and O–H groups in total. The minimum absolute atomic E-state index is 0.0180. The van der Waals surface area contributed by atoms with E-state index in [4.69, 9.17) is 0 Å². The monoisotopic (exact) mass is 419 g/mol. The highest BCUT2D eigenvalue weighted by Gasteiger charge is 2.34. The Morgan fingerprint density at radius 1 is 1.13 bits per heavy atom. The highest BCUT2D eigenvalue weighted by atomic mass is 16.2. The van der Waals surface area contributed by atoms with Gasteiger partial charge in [-0.1, -0.05) is 18.2 Å². The maximum absolute atomic E-state index is 12.6. The van der Waals surface area contributed by atoms with Crippen LogP contribution in [-0.2, 0) is 16.1 Å². The number of rotatable bonds is 6. The average molecular weight is 419 g/mol. The van der Waals surface area contributed by atoms with Gasteiger partial charge >= 0.3 is 0 Å². The smallest absolute Gasteiger partial charge is 0.227 e. The number of carbonyl (C=O) groups is 2. The van der Waals surface area contributed by atoms with Crippen LogP contribution in [-0.4, -0.2) is 57.7 Å². The normalized spacial score (nSPS) is 18.8. The maximum Gasteiger partial charge on any atom is 0.227 e. The third-order valence-corrected chi connectivity index (χ3v) is 6.00. The summed E-state index contributed by atoms with van der Waals surface area (Å²) in [7, 11) is 0. The highest BCUT2D eigenvalue weighted by molar-refractivity contribution is 6.00. The molecule has 2 amide bonds. The molecule has 2 aromatic heterocycles. The van der Waals surface area contributed by atoms with Crippen LogP contribution >= 0.6 is 0 Å². The molecule has 0 saturated carbocycles. The van der Waals surface area contributed by atoms with Crippen molar-refractivity contribution in [2.45, 2.75) is 25.8 Å². The van der Waals surface area contributed by atoms with Crippen LogP contribution in [0.2, 0.25) is 0 Å². The minimum atomic E-state index is -0.342. The Kier molecular flexibility index (Phi) is 5.23. The summed E-state index contributed by atoms with van der Waals surface area (Å²) in [6, 6.07) is 9.47. The van der Waals surface area contributed by atoms with Gasteiger partial charge in [0.2, 0.25) is 11.8 Å². The summed E-state index contributed by atoms with van der Waals surface area (Å²) >= 11 is 0. The Balaban J connectivity index is 1.20. The number of anilines is 2. The number of para-hydroxylation sites is 1. The van der Waals surface area contributed by atoms with Gasteiger partial charge in [-0.3, -0.25) is 9.59 Å². The fourth-order valence-electron chi connectivity index (χ4n) is 4.40. The van der Waals surface area contributed by atoms with Gasteiger partial charge in [-0.15, -0.1) is 0 Å². The van der Waals surface area contributed by atoms with Crippen LogP contribution in [0.4, 0.5) is 11.5 Å². The highest BCUT2D eigenvalue weighted by Crippen LogP contribution is 2.26. The second-order valence-corrected chi connectivity index (χ2v) is 8.03. The molecule has 0 aliphatic carbocycles. The number of nitrogens with zero attached hydrogens (tertiary/aromatic N) is 6. The lowest BCUT2D eigenvalue weighted by molar-refractivity contribution is -0.126. The van der Waals surface area contributed by atoms with Crippen LogP contribution in [0, 0.1) is 5.92 Å². The number of nitrogens with one attached hydrogen (secondary N) is 1. The minimum Gasteiger partial charge on any atom is -0.356 e. The molecule has 3 aromatic rings. The second-order valence-electron chi connectivity index (χ2n) is 8.03. The number of benzene rings is 1. The van der Waals surface area contributed by atoms with E-state index in [2.05, 4.69) is 25.3 Å². The van der Waals surface area contributed by atoms with Crippen molar-refractivity contribution in [2.24, 2.45) is 5.92 Å². The van der Waals surface area contributed by atoms with Crippen molar-refractivity contribution >= 4 is 34.4 Å². The molecule has 9 nitrogen and oxygen atoms in total. The van der Waals surface area contributed by atoms with Gasteiger partial charge in [-0.25, -0.2) is 14.6 Å².